The van der Waals surface area contributed by atoms with Gasteiger partial charge in [-0.05, 0) is 52.8 Å². The molecule has 0 aliphatic carbocycles. The lowest BCUT2D eigenvalue weighted by Crippen LogP contribution is -2.28. The van der Waals surface area contributed by atoms with Gasteiger partial charge >= 0.3 is 11.9 Å². The average Bonchev–Trinajstić information content (AvgIpc) is 3.46. The van der Waals surface area contributed by atoms with E-state index in [1.165, 1.54) is 0 Å². The lowest BCUT2D eigenvalue weighted by atomic mass is 10.1. The lowest BCUT2D eigenvalue weighted by Gasteiger charge is -2.12. The molecule has 2 fully saturated rings. The molecule has 0 saturated carbocycles. The van der Waals surface area contributed by atoms with Gasteiger partial charge in [0.15, 0.2) is 5.60 Å². The van der Waals surface area contributed by atoms with E-state index in [1.54, 1.807) is 45.0 Å². The molecule has 0 radical (unpaired) electrons. The molecule has 0 N–H and O–H groups in total. The second-order valence-corrected chi connectivity index (χ2v) is 6.58. The van der Waals surface area contributed by atoms with Crippen LogP contribution in [0.25, 0.3) is 0 Å². The van der Waals surface area contributed by atoms with Crippen LogP contribution in [0, 0.1) is 0 Å². The monoisotopic (exact) mass is 346 g/mol. The molecule has 0 aromatic heterocycles. The van der Waals surface area contributed by atoms with Gasteiger partial charge in [0.25, 0.3) is 0 Å². The Labute approximate surface area is 146 Å². The van der Waals surface area contributed by atoms with Crippen molar-refractivity contribution in [2.75, 3.05) is 0 Å². The van der Waals surface area contributed by atoms with E-state index in [-0.39, 0.29) is 18.3 Å². The van der Waals surface area contributed by atoms with Gasteiger partial charge in [-0.25, -0.2) is 9.59 Å². The Bertz CT molecular complexity index is 752. The predicted molar refractivity (Wildman–Crippen MR) is 89.4 cm³/mol. The summed E-state index contributed by atoms with van der Waals surface area (Å²) in [5.41, 5.74) is 0.295. The second kappa shape index (κ2) is 6.28. The summed E-state index contributed by atoms with van der Waals surface area (Å²) < 4.78 is 21.7. The average molecular weight is 346 g/mol. The fourth-order valence-electron chi connectivity index (χ4n) is 2.47. The van der Waals surface area contributed by atoms with Crippen LogP contribution in [-0.4, -0.2) is 29.7 Å². The molecular formula is C19H22O6. The quantitative estimate of drug-likeness (QED) is 0.353. The zero-order chi connectivity index (χ0) is 18.4. The largest absolute Gasteiger partial charge is 0.424 e. The van der Waals surface area contributed by atoms with Crippen molar-refractivity contribution in [1.29, 1.82) is 0 Å². The molecule has 6 heteroatoms. The van der Waals surface area contributed by atoms with E-state index in [2.05, 4.69) is 0 Å². The topological polar surface area (TPSA) is 77.7 Å². The number of carbonyl (C=O) groups excluding carboxylic acids is 2. The molecule has 0 bridgehead atoms. The van der Waals surface area contributed by atoms with Crippen LogP contribution < -0.4 is 9.47 Å². The standard InChI is InChI=1S/C19H22O6/c1-6-10(2)17(20)23-13-7-8-15(14(9-13)16-11(3)22-16)24-18(21)19(5)12(4)25-19/h6-9,11-12,16H,1-5H3/b10-6-. The van der Waals surface area contributed by atoms with Gasteiger partial charge in [0.2, 0.25) is 0 Å². The summed E-state index contributed by atoms with van der Waals surface area (Å²) in [6.45, 7) is 8.90. The Morgan fingerprint density at radius 1 is 1.24 bits per heavy atom. The first-order chi connectivity index (χ1) is 11.8. The molecule has 2 heterocycles. The van der Waals surface area contributed by atoms with Crippen molar-refractivity contribution in [3.8, 4) is 11.5 Å². The fraction of sp³-hybridized carbons (Fsp3) is 0.474. The Kier molecular flexibility index (Phi) is 4.43. The van der Waals surface area contributed by atoms with Crippen LogP contribution >= 0.6 is 0 Å². The molecule has 0 spiro atoms. The number of hydrogen-bond acceptors (Lipinski definition) is 6. The summed E-state index contributed by atoms with van der Waals surface area (Å²) >= 11 is 0. The van der Waals surface area contributed by atoms with Crippen LogP contribution in [0.4, 0.5) is 0 Å². The number of ether oxygens (including phenoxy) is 4. The van der Waals surface area contributed by atoms with E-state index >= 15 is 0 Å². The number of epoxide rings is 2. The third kappa shape index (κ3) is 3.45. The number of hydrogen-bond donors (Lipinski definition) is 0. The van der Waals surface area contributed by atoms with Crippen molar-refractivity contribution in [1.82, 2.24) is 0 Å². The molecule has 4 unspecified atom stereocenters. The number of benzene rings is 1. The highest BCUT2D eigenvalue weighted by molar-refractivity contribution is 5.89. The normalized spacial score (nSPS) is 30.6. The molecule has 0 amide bonds. The molecule has 1 aromatic rings. The Morgan fingerprint density at radius 2 is 1.88 bits per heavy atom. The molecule has 134 valence electrons. The molecule has 1 aromatic carbocycles. The first-order valence-corrected chi connectivity index (χ1v) is 8.31. The molecule has 2 saturated heterocycles. The molecule has 4 atom stereocenters. The highest BCUT2D eigenvalue weighted by Crippen LogP contribution is 2.45. The fourth-order valence-corrected chi connectivity index (χ4v) is 2.47. The molecular weight excluding hydrogens is 324 g/mol. The first-order valence-electron chi connectivity index (χ1n) is 8.31. The van der Waals surface area contributed by atoms with Gasteiger partial charge in [-0.3, -0.25) is 0 Å². The minimum atomic E-state index is -0.901. The maximum Gasteiger partial charge on any atom is 0.346 e. The van der Waals surface area contributed by atoms with Crippen molar-refractivity contribution >= 4 is 11.9 Å². The molecule has 3 rings (SSSR count). The predicted octanol–water partition coefficient (Wildman–Crippen LogP) is 3.10. The van der Waals surface area contributed by atoms with Crippen molar-refractivity contribution in [3.05, 3.63) is 35.4 Å². The van der Waals surface area contributed by atoms with Crippen molar-refractivity contribution in [3.63, 3.8) is 0 Å². The highest BCUT2D eigenvalue weighted by Gasteiger charge is 2.57. The van der Waals surface area contributed by atoms with Crippen LogP contribution in [0.1, 0.15) is 46.3 Å². The van der Waals surface area contributed by atoms with Gasteiger partial charge in [-0.1, -0.05) is 6.08 Å². The van der Waals surface area contributed by atoms with E-state index < -0.39 is 17.5 Å². The van der Waals surface area contributed by atoms with Crippen LogP contribution in [-0.2, 0) is 19.1 Å². The van der Waals surface area contributed by atoms with E-state index in [9.17, 15) is 9.59 Å². The summed E-state index contributed by atoms with van der Waals surface area (Å²) in [5, 5.41) is 0. The van der Waals surface area contributed by atoms with Crippen molar-refractivity contribution in [2.45, 2.75) is 58.5 Å². The van der Waals surface area contributed by atoms with Gasteiger partial charge in [0.1, 0.15) is 17.6 Å². The zero-order valence-corrected chi connectivity index (χ0v) is 15.0. The van der Waals surface area contributed by atoms with Crippen LogP contribution in [0.2, 0.25) is 0 Å². The van der Waals surface area contributed by atoms with Gasteiger partial charge in [0.05, 0.1) is 12.2 Å². The van der Waals surface area contributed by atoms with Gasteiger partial charge in [-0.2, -0.15) is 0 Å². The van der Waals surface area contributed by atoms with Gasteiger partial charge in [0, 0.05) is 11.1 Å². The highest BCUT2D eigenvalue weighted by atomic mass is 16.7. The van der Waals surface area contributed by atoms with Gasteiger partial charge < -0.3 is 18.9 Å². The minimum Gasteiger partial charge on any atom is -0.424 e. The SMILES string of the molecule is C/C=C(/C)C(=O)Oc1ccc(OC(=O)C2(C)OC2C)c(C2OC2C)c1. The maximum absolute atomic E-state index is 12.3. The first kappa shape index (κ1) is 17.6. The number of esters is 2. The van der Waals surface area contributed by atoms with Crippen molar-refractivity contribution < 1.29 is 28.5 Å². The second-order valence-electron chi connectivity index (χ2n) is 6.58. The molecule has 25 heavy (non-hydrogen) atoms. The summed E-state index contributed by atoms with van der Waals surface area (Å²) in [7, 11) is 0. The molecule has 2 aliphatic rings. The van der Waals surface area contributed by atoms with Crippen LogP contribution in [0.15, 0.2) is 29.8 Å². The molecule has 2 aliphatic heterocycles. The van der Waals surface area contributed by atoms with E-state index in [0.717, 1.165) is 0 Å². The third-order valence-corrected chi connectivity index (χ3v) is 4.71. The van der Waals surface area contributed by atoms with Gasteiger partial charge in [-0.15, -0.1) is 0 Å². The Hall–Kier alpha value is -2.18. The van der Waals surface area contributed by atoms with Crippen molar-refractivity contribution in [2.24, 2.45) is 0 Å². The van der Waals surface area contributed by atoms with Crippen LogP contribution in [0.3, 0.4) is 0 Å². The Balaban J connectivity index is 1.81. The Morgan fingerprint density at radius 3 is 2.40 bits per heavy atom. The summed E-state index contributed by atoms with van der Waals surface area (Å²) in [6, 6.07) is 4.89. The number of allylic oxidation sites excluding steroid dienone is 1. The number of carbonyl (C=O) groups is 2. The minimum absolute atomic E-state index is 0.0207. The van der Waals surface area contributed by atoms with Crippen LogP contribution in [0.5, 0.6) is 11.5 Å². The summed E-state index contributed by atoms with van der Waals surface area (Å²) in [6.07, 6.45) is 1.36. The summed E-state index contributed by atoms with van der Waals surface area (Å²) in [5.74, 6) is -0.0866. The maximum atomic E-state index is 12.3. The molecule has 6 nitrogen and oxygen atoms in total. The number of rotatable bonds is 5. The van der Waals surface area contributed by atoms with E-state index in [1.807, 2.05) is 13.8 Å². The van der Waals surface area contributed by atoms with E-state index in [0.29, 0.717) is 22.6 Å². The smallest absolute Gasteiger partial charge is 0.346 e. The zero-order valence-electron chi connectivity index (χ0n) is 15.0. The lowest BCUT2D eigenvalue weighted by molar-refractivity contribution is -0.139. The summed E-state index contributed by atoms with van der Waals surface area (Å²) in [4.78, 5) is 24.2. The van der Waals surface area contributed by atoms with E-state index in [4.69, 9.17) is 18.9 Å². The third-order valence-electron chi connectivity index (χ3n) is 4.71.